The van der Waals surface area contributed by atoms with Crippen molar-refractivity contribution in [1.29, 1.82) is 0 Å². The summed E-state index contributed by atoms with van der Waals surface area (Å²) < 4.78 is 6.56. The highest BCUT2D eigenvalue weighted by molar-refractivity contribution is 9.11. The molecule has 0 aliphatic rings. The smallest absolute Gasteiger partial charge is 0.340 e. The van der Waals surface area contributed by atoms with Crippen LogP contribution >= 0.6 is 31.9 Å². The number of halogens is 2. The van der Waals surface area contributed by atoms with Crippen LogP contribution in [-0.4, -0.2) is 19.1 Å². The van der Waals surface area contributed by atoms with Gasteiger partial charge in [0.15, 0.2) is 0 Å². The second-order valence-electron chi connectivity index (χ2n) is 5.20. The maximum Gasteiger partial charge on any atom is 0.340 e. The lowest BCUT2D eigenvalue weighted by molar-refractivity contribution is 0.0601. The van der Waals surface area contributed by atoms with Crippen LogP contribution in [0, 0.1) is 0 Å². The lowest BCUT2D eigenvalue weighted by Crippen LogP contribution is -2.18. The number of carbonyl (C=O) groups excluding carboxylic acids is 1. The molecule has 0 heterocycles. The number of esters is 1. The van der Waals surface area contributed by atoms with E-state index in [2.05, 4.69) is 51.0 Å². The number of rotatable bonds is 8. The summed E-state index contributed by atoms with van der Waals surface area (Å²) in [6.07, 6.45) is 6.06. The van der Waals surface area contributed by atoms with Crippen molar-refractivity contribution in [2.45, 2.75) is 52.0 Å². The molecule has 0 saturated heterocycles. The van der Waals surface area contributed by atoms with E-state index in [0.717, 1.165) is 21.1 Å². The number of unbranched alkanes of at least 4 members (excludes halogenated alkanes) is 3. The zero-order chi connectivity index (χ0) is 15.8. The largest absolute Gasteiger partial charge is 0.465 e. The monoisotopic (exact) mass is 419 g/mol. The summed E-state index contributed by atoms with van der Waals surface area (Å²) in [6.45, 7) is 4.35. The van der Waals surface area contributed by atoms with Gasteiger partial charge in [-0.3, -0.25) is 0 Å². The van der Waals surface area contributed by atoms with Crippen molar-refractivity contribution in [2.75, 3.05) is 12.4 Å². The van der Waals surface area contributed by atoms with Crippen molar-refractivity contribution in [3.8, 4) is 0 Å². The van der Waals surface area contributed by atoms with E-state index in [9.17, 15) is 4.79 Å². The molecule has 5 heteroatoms. The highest BCUT2D eigenvalue weighted by Crippen LogP contribution is 2.32. The van der Waals surface area contributed by atoms with Crippen molar-refractivity contribution >= 4 is 43.5 Å². The van der Waals surface area contributed by atoms with Crippen LogP contribution in [0.1, 0.15) is 56.3 Å². The Morgan fingerprint density at radius 2 is 2.00 bits per heavy atom. The topological polar surface area (TPSA) is 38.3 Å². The van der Waals surface area contributed by atoms with Crippen LogP contribution in [0.3, 0.4) is 0 Å². The Morgan fingerprint density at radius 1 is 1.29 bits per heavy atom. The fourth-order valence-corrected chi connectivity index (χ4v) is 3.53. The molecule has 0 saturated carbocycles. The first kappa shape index (κ1) is 18.5. The number of nitrogens with one attached hydrogen (secondary N) is 1. The van der Waals surface area contributed by atoms with Crippen LogP contribution in [0.2, 0.25) is 0 Å². The molecule has 0 aliphatic carbocycles. The molecule has 1 N–H and O–H groups in total. The Balaban J connectivity index is 2.79. The molecule has 0 aromatic heterocycles. The number of benzene rings is 1. The molecule has 0 radical (unpaired) electrons. The standard InChI is InChI=1S/C16H23Br2NO2/c1-4-5-6-7-8-11(2)19-15-13(16(20)21-3)9-12(17)10-14(15)18/h9-11,19H,4-8H2,1-3H3. The third-order valence-corrected chi connectivity index (χ3v) is 4.42. The Morgan fingerprint density at radius 3 is 2.62 bits per heavy atom. The summed E-state index contributed by atoms with van der Waals surface area (Å²) in [5, 5.41) is 3.43. The minimum absolute atomic E-state index is 0.308. The Hall–Kier alpha value is -0.550. The maximum atomic E-state index is 11.9. The summed E-state index contributed by atoms with van der Waals surface area (Å²) in [4.78, 5) is 11.9. The molecule has 1 unspecified atom stereocenters. The average molecular weight is 421 g/mol. The predicted octanol–water partition coefficient (Wildman–Crippen LogP) is 5.77. The van der Waals surface area contributed by atoms with Gasteiger partial charge in [0.2, 0.25) is 0 Å². The molecule has 0 aliphatic heterocycles. The molecule has 0 bridgehead atoms. The first-order valence-corrected chi connectivity index (χ1v) is 8.92. The van der Waals surface area contributed by atoms with Crippen molar-refractivity contribution < 1.29 is 9.53 Å². The zero-order valence-electron chi connectivity index (χ0n) is 12.8. The van der Waals surface area contributed by atoms with Gasteiger partial charge in [0.25, 0.3) is 0 Å². The number of hydrogen-bond donors (Lipinski definition) is 1. The molecule has 1 rings (SSSR count). The summed E-state index contributed by atoms with van der Waals surface area (Å²) >= 11 is 6.92. The first-order chi connectivity index (χ1) is 9.99. The van der Waals surface area contributed by atoms with Gasteiger partial charge < -0.3 is 10.1 Å². The van der Waals surface area contributed by atoms with E-state index in [-0.39, 0.29) is 5.97 Å². The molecule has 0 spiro atoms. The fraction of sp³-hybridized carbons (Fsp3) is 0.562. The average Bonchev–Trinajstić information content (AvgIpc) is 2.45. The highest BCUT2D eigenvalue weighted by Gasteiger charge is 2.17. The van der Waals surface area contributed by atoms with Crippen LogP contribution in [-0.2, 0) is 4.74 Å². The Kier molecular flexibility index (Phi) is 8.34. The second kappa shape index (κ2) is 9.46. The Bertz CT molecular complexity index is 478. The van der Waals surface area contributed by atoms with Gasteiger partial charge in [0.05, 0.1) is 18.4 Å². The number of ether oxygens (including phenoxy) is 1. The molecule has 1 aromatic carbocycles. The number of hydrogen-bond acceptors (Lipinski definition) is 3. The molecular formula is C16H23Br2NO2. The minimum Gasteiger partial charge on any atom is -0.465 e. The van der Waals surface area contributed by atoms with Gasteiger partial charge in [-0.1, -0.05) is 48.5 Å². The van der Waals surface area contributed by atoms with Gasteiger partial charge in [-0.2, -0.15) is 0 Å². The fourth-order valence-electron chi connectivity index (χ4n) is 2.19. The van der Waals surface area contributed by atoms with E-state index < -0.39 is 0 Å². The van der Waals surface area contributed by atoms with Gasteiger partial charge in [-0.25, -0.2) is 4.79 Å². The van der Waals surface area contributed by atoms with Crippen LogP contribution < -0.4 is 5.32 Å². The van der Waals surface area contributed by atoms with Crippen LogP contribution in [0.4, 0.5) is 5.69 Å². The van der Waals surface area contributed by atoms with E-state index in [1.807, 2.05) is 6.07 Å². The molecule has 0 fully saturated rings. The van der Waals surface area contributed by atoms with E-state index in [4.69, 9.17) is 4.74 Å². The van der Waals surface area contributed by atoms with Gasteiger partial charge in [-0.05, 0) is 41.4 Å². The summed E-state index contributed by atoms with van der Waals surface area (Å²) in [5.74, 6) is -0.335. The van der Waals surface area contributed by atoms with Gasteiger partial charge >= 0.3 is 5.97 Å². The molecular weight excluding hydrogens is 398 g/mol. The van der Waals surface area contributed by atoms with Crippen molar-refractivity contribution in [2.24, 2.45) is 0 Å². The lowest BCUT2D eigenvalue weighted by Gasteiger charge is -2.19. The van der Waals surface area contributed by atoms with Gasteiger partial charge in [0.1, 0.15) is 0 Å². The van der Waals surface area contributed by atoms with Crippen LogP contribution in [0.5, 0.6) is 0 Å². The maximum absolute atomic E-state index is 11.9. The Labute approximate surface area is 144 Å². The third kappa shape index (κ3) is 5.99. The predicted molar refractivity (Wildman–Crippen MR) is 95.0 cm³/mol. The van der Waals surface area contributed by atoms with Crippen LogP contribution in [0.15, 0.2) is 21.1 Å². The first-order valence-electron chi connectivity index (χ1n) is 7.33. The molecule has 118 valence electrons. The van der Waals surface area contributed by atoms with E-state index in [1.165, 1.54) is 32.8 Å². The second-order valence-corrected chi connectivity index (χ2v) is 6.97. The van der Waals surface area contributed by atoms with E-state index in [1.54, 1.807) is 6.07 Å². The molecule has 0 amide bonds. The zero-order valence-corrected chi connectivity index (χ0v) is 16.0. The minimum atomic E-state index is -0.335. The van der Waals surface area contributed by atoms with E-state index in [0.29, 0.717) is 11.6 Å². The molecule has 1 aromatic rings. The number of methoxy groups -OCH3 is 1. The van der Waals surface area contributed by atoms with Crippen LogP contribution in [0.25, 0.3) is 0 Å². The SMILES string of the molecule is CCCCCCC(C)Nc1c(Br)cc(Br)cc1C(=O)OC. The number of anilines is 1. The van der Waals surface area contributed by atoms with Crippen molar-refractivity contribution in [3.63, 3.8) is 0 Å². The third-order valence-electron chi connectivity index (χ3n) is 3.34. The lowest BCUT2D eigenvalue weighted by atomic mass is 10.1. The molecule has 3 nitrogen and oxygen atoms in total. The van der Waals surface area contributed by atoms with Crippen molar-refractivity contribution in [1.82, 2.24) is 0 Å². The normalized spacial score (nSPS) is 12.0. The summed E-state index contributed by atoms with van der Waals surface area (Å²) in [5.41, 5.74) is 1.34. The van der Waals surface area contributed by atoms with Crippen molar-refractivity contribution in [3.05, 3.63) is 26.6 Å². The number of carbonyl (C=O) groups is 1. The van der Waals surface area contributed by atoms with Gasteiger partial charge in [0, 0.05) is 15.0 Å². The molecule has 21 heavy (non-hydrogen) atoms. The summed E-state index contributed by atoms with van der Waals surface area (Å²) in [7, 11) is 1.40. The quantitative estimate of drug-likeness (QED) is 0.428. The molecule has 1 atom stereocenters. The van der Waals surface area contributed by atoms with Gasteiger partial charge in [-0.15, -0.1) is 0 Å². The highest BCUT2D eigenvalue weighted by atomic mass is 79.9. The van der Waals surface area contributed by atoms with E-state index >= 15 is 0 Å². The summed E-state index contributed by atoms with van der Waals surface area (Å²) in [6, 6.07) is 4.02.